The topological polar surface area (TPSA) is 80.6 Å². The number of carbonyl (C=O) groups is 2. The van der Waals surface area contributed by atoms with Crippen LogP contribution in [-0.2, 0) is 4.74 Å². The van der Waals surface area contributed by atoms with E-state index in [1.165, 1.54) is 6.26 Å². The van der Waals surface area contributed by atoms with Crippen LogP contribution < -0.4 is 10.6 Å². The maximum atomic E-state index is 11.8. The molecule has 0 saturated heterocycles. The maximum absolute atomic E-state index is 11.8. The lowest BCUT2D eigenvalue weighted by molar-refractivity contribution is 0.0893. The molecule has 0 aliphatic heterocycles. The number of furan rings is 1. The molecule has 20 heavy (non-hydrogen) atoms. The fraction of sp³-hybridized carbons (Fsp3) is 0.571. The van der Waals surface area contributed by atoms with E-state index in [1.54, 1.807) is 19.1 Å². The van der Waals surface area contributed by atoms with Crippen LogP contribution in [0, 0.1) is 0 Å². The Kier molecular flexibility index (Phi) is 5.03. The van der Waals surface area contributed by atoms with Crippen LogP contribution in [-0.4, -0.2) is 30.7 Å². The van der Waals surface area contributed by atoms with Crippen molar-refractivity contribution < 1.29 is 18.7 Å². The minimum atomic E-state index is -0.365. The van der Waals surface area contributed by atoms with E-state index in [0.717, 1.165) is 25.7 Å². The third-order valence-corrected chi connectivity index (χ3v) is 3.40. The lowest BCUT2D eigenvalue weighted by atomic mass is 9.91. The highest BCUT2D eigenvalue weighted by atomic mass is 16.5. The van der Waals surface area contributed by atoms with Gasteiger partial charge in [-0.3, -0.25) is 4.79 Å². The Hall–Kier alpha value is -1.98. The Labute approximate surface area is 117 Å². The van der Waals surface area contributed by atoms with Crippen molar-refractivity contribution in [1.82, 2.24) is 10.6 Å². The summed E-state index contributed by atoms with van der Waals surface area (Å²) in [4.78, 5) is 23.1. The highest BCUT2D eigenvalue weighted by Crippen LogP contribution is 2.19. The molecule has 0 bridgehead atoms. The van der Waals surface area contributed by atoms with Crippen molar-refractivity contribution in [2.24, 2.45) is 0 Å². The minimum absolute atomic E-state index is 0.130. The van der Waals surface area contributed by atoms with Crippen LogP contribution in [0.15, 0.2) is 22.8 Å². The largest absolute Gasteiger partial charge is 0.459 e. The molecule has 110 valence electrons. The average molecular weight is 280 g/mol. The van der Waals surface area contributed by atoms with Crippen molar-refractivity contribution in [2.45, 2.75) is 44.7 Å². The zero-order valence-electron chi connectivity index (χ0n) is 11.6. The van der Waals surface area contributed by atoms with Crippen LogP contribution in [0.2, 0.25) is 0 Å². The van der Waals surface area contributed by atoms with Gasteiger partial charge in [-0.25, -0.2) is 4.79 Å². The molecule has 2 N–H and O–H groups in total. The number of hydrogen-bond donors (Lipinski definition) is 2. The summed E-state index contributed by atoms with van der Waals surface area (Å²) in [6.45, 7) is 2.15. The summed E-state index contributed by atoms with van der Waals surface area (Å²) in [7, 11) is 0. The Morgan fingerprint density at radius 3 is 2.45 bits per heavy atom. The maximum Gasteiger partial charge on any atom is 0.407 e. The third kappa shape index (κ3) is 4.01. The van der Waals surface area contributed by atoms with Gasteiger partial charge >= 0.3 is 6.09 Å². The monoisotopic (exact) mass is 280 g/mol. The Bertz CT molecular complexity index is 436. The van der Waals surface area contributed by atoms with Gasteiger partial charge in [0, 0.05) is 12.1 Å². The SMILES string of the molecule is CCOC(=O)NC1CCC(NC(=O)c2ccco2)CC1. The second kappa shape index (κ2) is 6.98. The first kappa shape index (κ1) is 14.4. The van der Waals surface area contributed by atoms with Gasteiger partial charge in [0.05, 0.1) is 12.9 Å². The van der Waals surface area contributed by atoms with Crippen LogP contribution in [0.25, 0.3) is 0 Å². The molecule has 1 aliphatic rings. The Morgan fingerprint density at radius 1 is 1.25 bits per heavy atom. The number of ether oxygens (including phenoxy) is 1. The summed E-state index contributed by atoms with van der Waals surface area (Å²) in [5, 5.41) is 5.77. The number of nitrogens with one attached hydrogen (secondary N) is 2. The van der Waals surface area contributed by atoms with Crippen LogP contribution >= 0.6 is 0 Å². The van der Waals surface area contributed by atoms with Crippen molar-refractivity contribution in [3.63, 3.8) is 0 Å². The highest BCUT2D eigenvalue weighted by molar-refractivity contribution is 5.91. The van der Waals surface area contributed by atoms with Gasteiger partial charge in [-0.05, 0) is 44.7 Å². The van der Waals surface area contributed by atoms with Gasteiger partial charge in [-0.2, -0.15) is 0 Å². The molecule has 1 aromatic rings. The van der Waals surface area contributed by atoms with E-state index < -0.39 is 0 Å². The average Bonchev–Trinajstić information content (AvgIpc) is 2.95. The minimum Gasteiger partial charge on any atom is -0.459 e. The molecule has 1 fully saturated rings. The normalized spacial score (nSPS) is 22.1. The molecule has 6 nitrogen and oxygen atoms in total. The van der Waals surface area contributed by atoms with Crippen LogP contribution in [0.3, 0.4) is 0 Å². The second-order valence-electron chi connectivity index (χ2n) is 4.86. The molecule has 0 unspecified atom stereocenters. The van der Waals surface area contributed by atoms with Gasteiger partial charge in [0.15, 0.2) is 5.76 Å². The van der Waals surface area contributed by atoms with Crippen molar-refractivity contribution >= 4 is 12.0 Å². The van der Waals surface area contributed by atoms with E-state index >= 15 is 0 Å². The summed E-state index contributed by atoms with van der Waals surface area (Å²) < 4.78 is 9.90. The quantitative estimate of drug-likeness (QED) is 0.884. The van der Waals surface area contributed by atoms with E-state index in [1.807, 2.05) is 0 Å². The number of hydrogen-bond acceptors (Lipinski definition) is 4. The molecule has 1 aliphatic carbocycles. The Balaban J connectivity index is 1.71. The summed E-state index contributed by atoms with van der Waals surface area (Å²) in [6, 6.07) is 3.59. The van der Waals surface area contributed by atoms with Gasteiger partial charge in [-0.1, -0.05) is 0 Å². The molecule has 1 heterocycles. The predicted molar refractivity (Wildman–Crippen MR) is 72.4 cm³/mol. The molecule has 6 heteroatoms. The predicted octanol–water partition coefficient (Wildman–Crippen LogP) is 2.07. The molecule has 1 saturated carbocycles. The summed E-state index contributed by atoms with van der Waals surface area (Å²) in [6.07, 6.45) is 4.46. The first-order valence-corrected chi connectivity index (χ1v) is 6.96. The van der Waals surface area contributed by atoms with Crippen molar-refractivity contribution in [3.8, 4) is 0 Å². The number of rotatable bonds is 4. The molecule has 2 rings (SSSR count). The van der Waals surface area contributed by atoms with Gasteiger partial charge in [0.2, 0.25) is 0 Å². The van der Waals surface area contributed by atoms with Gasteiger partial charge < -0.3 is 19.8 Å². The fourth-order valence-electron chi connectivity index (χ4n) is 2.39. The second-order valence-corrected chi connectivity index (χ2v) is 4.86. The van der Waals surface area contributed by atoms with Gasteiger partial charge in [-0.15, -0.1) is 0 Å². The zero-order chi connectivity index (χ0) is 14.4. The summed E-state index contributed by atoms with van der Waals surface area (Å²) in [5.41, 5.74) is 0. The third-order valence-electron chi connectivity index (χ3n) is 3.40. The van der Waals surface area contributed by atoms with Crippen LogP contribution in [0.4, 0.5) is 4.79 Å². The van der Waals surface area contributed by atoms with E-state index in [-0.39, 0.29) is 24.1 Å². The van der Waals surface area contributed by atoms with E-state index in [4.69, 9.17) is 9.15 Å². The van der Waals surface area contributed by atoms with Crippen molar-refractivity contribution in [2.75, 3.05) is 6.61 Å². The molecule has 2 amide bonds. The van der Waals surface area contributed by atoms with Crippen LogP contribution in [0.1, 0.15) is 43.2 Å². The molecule has 0 aromatic carbocycles. The van der Waals surface area contributed by atoms with E-state index in [9.17, 15) is 9.59 Å². The lowest BCUT2D eigenvalue weighted by Gasteiger charge is -2.29. The van der Waals surface area contributed by atoms with Crippen molar-refractivity contribution in [3.05, 3.63) is 24.2 Å². The van der Waals surface area contributed by atoms with E-state index in [0.29, 0.717) is 12.4 Å². The fourth-order valence-corrected chi connectivity index (χ4v) is 2.39. The first-order valence-electron chi connectivity index (χ1n) is 6.96. The summed E-state index contributed by atoms with van der Waals surface area (Å²) >= 11 is 0. The van der Waals surface area contributed by atoms with Crippen molar-refractivity contribution in [1.29, 1.82) is 0 Å². The van der Waals surface area contributed by atoms with Gasteiger partial charge in [0.25, 0.3) is 5.91 Å². The zero-order valence-corrected chi connectivity index (χ0v) is 11.6. The van der Waals surface area contributed by atoms with Crippen LogP contribution in [0.5, 0.6) is 0 Å². The van der Waals surface area contributed by atoms with Gasteiger partial charge in [0.1, 0.15) is 0 Å². The molecular formula is C14H20N2O4. The molecule has 0 radical (unpaired) electrons. The number of carbonyl (C=O) groups excluding carboxylic acids is 2. The first-order chi connectivity index (χ1) is 9.69. The molecular weight excluding hydrogens is 260 g/mol. The standard InChI is InChI=1S/C14H20N2O4/c1-2-19-14(18)16-11-7-5-10(6-8-11)15-13(17)12-4-3-9-20-12/h3-4,9-11H,2,5-8H2,1H3,(H,15,17)(H,16,18). The molecule has 1 aromatic heterocycles. The summed E-state index contributed by atoms with van der Waals surface area (Å²) in [5.74, 6) is 0.147. The smallest absolute Gasteiger partial charge is 0.407 e. The lowest BCUT2D eigenvalue weighted by Crippen LogP contribution is -2.43. The Morgan fingerprint density at radius 2 is 1.90 bits per heavy atom. The molecule has 0 atom stereocenters. The van der Waals surface area contributed by atoms with E-state index in [2.05, 4.69) is 10.6 Å². The number of amides is 2. The number of alkyl carbamates (subject to hydrolysis) is 1. The highest BCUT2D eigenvalue weighted by Gasteiger charge is 2.24. The molecule has 0 spiro atoms.